The van der Waals surface area contributed by atoms with Crippen molar-refractivity contribution in [3.8, 4) is 11.5 Å². The van der Waals surface area contributed by atoms with E-state index in [0.29, 0.717) is 37.5 Å². The summed E-state index contributed by atoms with van der Waals surface area (Å²) in [5.74, 6) is 0.0261. The van der Waals surface area contributed by atoms with Gasteiger partial charge in [0.2, 0.25) is 5.91 Å². The molecule has 7 nitrogen and oxygen atoms in total. The molecule has 7 heteroatoms. The van der Waals surface area contributed by atoms with Crippen LogP contribution in [-0.2, 0) is 19.7 Å². The Labute approximate surface area is 163 Å². The number of methoxy groups -OCH3 is 1. The Kier molecular flexibility index (Phi) is 6.16. The predicted octanol–water partition coefficient (Wildman–Crippen LogP) is 2.85. The molecular weight excluding hydrogens is 362 g/mol. The van der Waals surface area contributed by atoms with Gasteiger partial charge in [0.05, 0.1) is 12.5 Å². The van der Waals surface area contributed by atoms with Crippen LogP contribution in [0.15, 0.2) is 48.5 Å². The molecule has 1 amide bonds. The van der Waals surface area contributed by atoms with E-state index in [1.165, 1.54) is 0 Å². The third-order valence-corrected chi connectivity index (χ3v) is 4.90. The van der Waals surface area contributed by atoms with Gasteiger partial charge in [0.15, 0.2) is 6.61 Å². The van der Waals surface area contributed by atoms with Gasteiger partial charge in [-0.05, 0) is 54.8 Å². The van der Waals surface area contributed by atoms with Crippen molar-refractivity contribution in [3.05, 3.63) is 54.1 Å². The van der Waals surface area contributed by atoms with E-state index in [9.17, 15) is 9.59 Å². The van der Waals surface area contributed by atoms with Crippen LogP contribution >= 0.6 is 0 Å². The van der Waals surface area contributed by atoms with Crippen LogP contribution in [0.5, 0.6) is 11.5 Å². The van der Waals surface area contributed by atoms with Crippen molar-refractivity contribution < 1.29 is 28.9 Å². The van der Waals surface area contributed by atoms with E-state index < -0.39 is 18.0 Å². The summed E-state index contributed by atoms with van der Waals surface area (Å²) in [7, 11) is 1.61. The van der Waals surface area contributed by atoms with Crippen molar-refractivity contribution in [3.63, 3.8) is 0 Å². The van der Waals surface area contributed by atoms with Gasteiger partial charge in [0.1, 0.15) is 11.5 Å². The normalized spacial score (nSPS) is 15.5. The second kappa shape index (κ2) is 8.75. The zero-order chi connectivity index (χ0) is 20.0. The van der Waals surface area contributed by atoms with E-state index in [1.54, 1.807) is 31.4 Å². The molecule has 0 bridgehead atoms. The van der Waals surface area contributed by atoms with Gasteiger partial charge in [-0.1, -0.05) is 12.1 Å². The Morgan fingerprint density at radius 3 is 2.21 bits per heavy atom. The number of aliphatic carboxylic acids is 1. The first-order valence-electron chi connectivity index (χ1n) is 9.02. The molecule has 0 aromatic heterocycles. The molecule has 1 heterocycles. The second-order valence-corrected chi connectivity index (χ2v) is 6.58. The fraction of sp³-hybridized carbons (Fsp3) is 0.333. The number of carbonyl (C=O) groups is 2. The number of benzene rings is 2. The monoisotopic (exact) mass is 385 g/mol. The lowest BCUT2D eigenvalue weighted by Crippen LogP contribution is -2.44. The average Bonchev–Trinajstić information content (AvgIpc) is 2.73. The van der Waals surface area contributed by atoms with Crippen LogP contribution in [-0.4, -0.2) is 43.9 Å². The number of anilines is 1. The van der Waals surface area contributed by atoms with Gasteiger partial charge in [-0.2, -0.15) is 0 Å². The molecule has 1 saturated heterocycles. The summed E-state index contributed by atoms with van der Waals surface area (Å²) < 4.78 is 15.8. The highest BCUT2D eigenvalue weighted by Gasteiger charge is 2.41. The summed E-state index contributed by atoms with van der Waals surface area (Å²) in [4.78, 5) is 23.8. The Hall–Kier alpha value is -3.06. The summed E-state index contributed by atoms with van der Waals surface area (Å²) in [6.07, 6.45) is 1.18. The number of rotatable bonds is 7. The lowest BCUT2D eigenvalue weighted by Gasteiger charge is -2.36. The van der Waals surface area contributed by atoms with Crippen LogP contribution in [0, 0.1) is 0 Å². The van der Waals surface area contributed by atoms with E-state index in [-0.39, 0.29) is 5.91 Å². The molecule has 28 heavy (non-hydrogen) atoms. The molecule has 0 atom stereocenters. The first-order valence-corrected chi connectivity index (χ1v) is 9.02. The summed E-state index contributed by atoms with van der Waals surface area (Å²) in [6, 6.07) is 14.2. The maximum atomic E-state index is 13.2. The van der Waals surface area contributed by atoms with E-state index in [0.717, 1.165) is 11.3 Å². The fourth-order valence-corrected chi connectivity index (χ4v) is 3.31. The van der Waals surface area contributed by atoms with Gasteiger partial charge < -0.3 is 24.6 Å². The minimum absolute atomic E-state index is 0.0971. The minimum atomic E-state index is -1.04. The third kappa shape index (κ3) is 4.43. The molecule has 0 saturated carbocycles. The Morgan fingerprint density at radius 2 is 1.64 bits per heavy atom. The highest BCUT2D eigenvalue weighted by atomic mass is 16.5. The fourth-order valence-electron chi connectivity index (χ4n) is 3.31. The van der Waals surface area contributed by atoms with Crippen molar-refractivity contribution in [2.45, 2.75) is 18.3 Å². The van der Waals surface area contributed by atoms with Crippen LogP contribution in [0.4, 0.5) is 5.69 Å². The molecule has 1 aliphatic rings. The van der Waals surface area contributed by atoms with Crippen molar-refractivity contribution in [1.82, 2.24) is 0 Å². The highest BCUT2D eigenvalue weighted by molar-refractivity contribution is 5.99. The Bertz CT molecular complexity index is 810. The summed E-state index contributed by atoms with van der Waals surface area (Å²) in [6.45, 7) is 0.620. The van der Waals surface area contributed by atoms with Crippen molar-refractivity contribution in [2.24, 2.45) is 0 Å². The van der Waals surface area contributed by atoms with E-state index >= 15 is 0 Å². The Morgan fingerprint density at radius 1 is 1.04 bits per heavy atom. The SMILES string of the molecule is COc1ccc(C2(C(=O)Nc3ccc(OCC(=O)O)cc3)CCOCC2)cc1. The predicted molar refractivity (Wildman–Crippen MR) is 103 cm³/mol. The van der Waals surface area contributed by atoms with Crippen molar-refractivity contribution >= 4 is 17.6 Å². The largest absolute Gasteiger partial charge is 0.497 e. The first kappa shape index (κ1) is 19.7. The van der Waals surface area contributed by atoms with E-state index in [4.69, 9.17) is 19.3 Å². The molecule has 0 radical (unpaired) electrons. The first-order chi connectivity index (χ1) is 13.5. The molecule has 3 rings (SSSR count). The summed E-state index contributed by atoms with van der Waals surface area (Å²) in [5.41, 5.74) is 0.866. The van der Waals surface area contributed by atoms with Gasteiger partial charge in [-0.25, -0.2) is 4.79 Å². The number of carboxylic acid groups (broad SMARTS) is 1. The molecular formula is C21H23NO6. The number of nitrogens with one attached hydrogen (secondary N) is 1. The molecule has 0 unspecified atom stereocenters. The number of amides is 1. The smallest absolute Gasteiger partial charge is 0.341 e. The van der Waals surface area contributed by atoms with Crippen LogP contribution in [0.3, 0.4) is 0 Å². The van der Waals surface area contributed by atoms with Gasteiger partial charge in [0, 0.05) is 18.9 Å². The lowest BCUT2D eigenvalue weighted by molar-refractivity contribution is -0.139. The van der Waals surface area contributed by atoms with Crippen LogP contribution in [0.25, 0.3) is 0 Å². The summed E-state index contributed by atoms with van der Waals surface area (Å²) in [5, 5.41) is 11.6. The average molecular weight is 385 g/mol. The molecule has 0 spiro atoms. The van der Waals surface area contributed by atoms with Crippen LogP contribution < -0.4 is 14.8 Å². The zero-order valence-electron chi connectivity index (χ0n) is 15.6. The number of ether oxygens (including phenoxy) is 3. The molecule has 148 valence electrons. The van der Waals surface area contributed by atoms with Gasteiger partial charge in [-0.3, -0.25) is 4.79 Å². The van der Waals surface area contributed by atoms with E-state index in [2.05, 4.69) is 5.32 Å². The topological polar surface area (TPSA) is 94.1 Å². The minimum Gasteiger partial charge on any atom is -0.497 e. The Balaban J connectivity index is 1.77. The maximum Gasteiger partial charge on any atom is 0.341 e. The maximum absolute atomic E-state index is 13.2. The van der Waals surface area contributed by atoms with Gasteiger partial charge in [0.25, 0.3) is 0 Å². The molecule has 2 aromatic carbocycles. The van der Waals surface area contributed by atoms with Crippen molar-refractivity contribution in [2.75, 3.05) is 32.2 Å². The van der Waals surface area contributed by atoms with Gasteiger partial charge in [-0.15, -0.1) is 0 Å². The summed E-state index contributed by atoms with van der Waals surface area (Å²) >= 11 is 0. The van der Waals surface area contributed by atoms with E-state index in [1.807, 2.05) is 24.3 Å². The molecule has 2 aromatic rings. The second-order valence-electron chi connectivity index (χ2n) is 6.58. The standard InChI is InChI=1S/C21H23NO6/c1-26-17-6-2-15(3-7-17)21(10-12-27-13-11-21)20(25)22-16-4-8-18(9-5-16)28-14-19(23)24/h2-9H,10-14H2,1H3,(H,22,25)(H,23,24). The molecule has 1 aliphatic heterocycles. The highest BCUT2D eigenvalue weighted by Crippen LogP contribution is 2.37. The quantitative estimate of drug-likeness (QED) is 0.761. The zero-order valence-corrected chi connectivity index (χ0v) is 15.6. The molecule has 2 N–H and O–H groups in total. The molecule has 1 fully saturated rings. The number of carbonyl (C=O) groups excluding carboxylic acids is 1. The van der Waals surface area contributed by atoms with Gasteiger partial charge >= 0.3 is 5.97 Å². The lowest BCUT2D eigenvalue weighted by atomic mass is 9.73. The number of hydrogen-bond acceptors (Lipinski definition) is 5. The number of carboxylic acids is 1. The van der Waals surface area contributed by atoms with Crippen LogP contribution in [0.1, 0.15) is 18.4 Å². The number of hydrogen-bond donors (Lipinski definition) is 2. The third-order valence-electron chi connectivity index (χ3n) is 4.90. The van der Waals surface area contributed by atoms with Crippen LogP contribution in [0.2, 0.25) is 0 Å². The molecule has 0 aliphatic carbocycles. The van der Waals surface area contributed by atoms with Crippen molar-refractivity contribution in [1.29, 1.82) is 0 Å².